The number of methoxy groups -OCH3 is 1. The highest BCUT2D eigenvalue weighted by Gasteiger charge is 2.27. The summed E-state index contributed by atoms with van der Waals surface area (Å²) in [5.74, 6) is -0.284. The smallest absolute Gasteiger partial charge is 0.334 e. The van der Waals surface area contributed by atoms with Crippen LogP contribution in [-0.2, 0) is 14.3 Å². The van der Waals surface area contributed by atoms with E-state index in [1.165, 1.54) is 7.11 Å². The van der Waals surface area contributed by atoms with Gasteiger partial charge in [0, 0.05) is 6.54 Å². The Balaban J connectivity index is 0.00000144. The number of esters is 1. The minimum Gasteiger partial charge on any atom is -0.467 e. The van der Waals surface area contributed by atoms with E-state index < -0.39 is 6.10 Å². The molecule has 1 heterocycles. The molecular formula is C8H16ClNO3. The summed E-state index contributed by atoms with van der Waals surface area (Å²) in [6, 6.07) is 0. The van der Waals surface area contributed by atoms with E-state index in [1.807, 2.05) is 0 Å². The molecule has 1 fully saturated rings. The second-order valence-corrected chi connectivity index (χ2v) is 2.94. The fourth-order valence-corrected chi connectivity index (χ4v) is 1.38. The van der Waals surface area contributed by atoms with Crippen molar-refractivity contribution in [1.29, 1.82) is 0 Å². The summed E-state index contributed by atoms with van der Waals surface area (Å²) in [4.78, 5) is 11.0. The molecule has 1 saturated heterocycles. The Kier molecular flexibility index (Phi) is 6.03. The molecule has 5 heteroatoms. The molecule has 1 aliphatic rings. The van der Waals surface area contributed by atoms with Crippen LogP contribution in [0.5, 0.6) is 0 Å². The van der Waals surface area contributed by atoms with Gasteiger partial charge in [0.15, 0.2) is 6.10 Å². The molecule has 78 valence electrons. The van der Waals surface area contributed by atoms with E-state index in [1.54, 1.807) is 0 Å². The van der Waals surface area contributed by atoms with Crippen LogP contribution in [0.3, 0.4) is 0 Å². The van der Waals surface area contributed by atoms with E-state index in [0.29, 0.717) is 6.54 Å². The third kappa shape index (κ3) is 3.50. The van der Waals surface area contributed by atoms with E-state index in [9.17, 15) is 4.79 Å². The molecule has 13 heavy (non-hydrogen) atoms. The molecule has 2 N–H and O–H groups in total. The molecule has 0 aromatic rings. The Hall–Kier alpha value is -0.320. The van der Waals surface area contributed by atoms with E-state index in [2.05, 4.69) is 4.74 Å². The quantitative estimate of drug-likeness (QED) is 0.672. The number of hydrogen-bond donors (Lipinski definition) is 1. The maximum atomic E-state index is 11.0. The Morgan fingerprint density at radius 3 is 2.85 bits per heavy atom. The first-order valence-corrected chi connectivity index (χ1v) is 4.21. The summed E-state index contributed by atoms with van der Waals surface area (Å²) in [5, 5.41) is 0. The molecule has 0 saturated carbocycles. The second kappa shape index (κ2) is 6.18. The van der Waals surface area contributed by atoms with Crippen LogP contribution in [0.4, 0.5) is 0 Å². The van der Waals surface area contributed by atoms with Crippen molar-refractivity contribution in [3.8, 4) is 0 Å². The standard InChI is InChI=1S/C8H15NO3.ClH/c1-11-8(10)7-4-2-3-6(5-9)12-7;/h6-7H,2-5,9H2,1H3;1H/t6-,7+;/m1./s1. The summed E-state index contributed by atoms with van der Waals surface area (Å²) >= 11 is 0. The highest BCUT2D eigenvalue weighted by molar-refractivity contribution is 5.85. The van der Waals surface area contributed by atoms with Crippen LogP contribution < -0.4 is 5.73 Å². The topological polar surface area (TPSA) is 61.5 Å². The zero-order chi connectivity index (χ0) is 8.97. The van der Waals surface area contributed by atoms with Crippen LogP contribution in [0.15, 0.2) is 0 Å². The van der Waals surface area contributed by atoms with Gasteiger partial charge in [-0.2, -0.15) is 0 Å². The fraction of sp³-hybridized carbons (Fsp3) is 0.875. The molecule has 1 rings (SSSR count). The maximum Gasteiger partial charge on any atom is 0.334 e. The molecule has 0 aliphatic carbocycles. The number of carbonyl (C=O) groups excluding carboxylic acids is 1. The lowest BCUT2D eigenvalue weighted by Gasteiger charge is -2.27. The molecule has 2 atom stereocenters. The number of nitrogens with two attached hydrogens (primary N) is 1. The second-order valence-electron chi connectivity index (χ2n) is 2.94. The van der Waals surface area contributed by atoms with Gasteiger partial charge in [0.05, 0.1) is 13.2 Å². The van der Waals surface area contributed by atoms with E-state index in [0.717, 1.165) is 19.3 Å². The van der Waals surface area contributed by atoms with Gasteiger partial charge in [-0.1, -0.05) is 0 Å². The molecule has 0 aromatic heterocycles. The fourth-order valence-electron chi connectivity index (χ4n) is 1.38. The van der Waals surface area contributed by atoms with Crippen molar-refractivity contribution in [1.82, 2.24) is 0 Å². The van der Waals surface area contributed by atoms with E-state index in [4.69, 9.17) is 10.5 Å². The van der Waals surface area contributed by atoms with E-state index in [-0.39, 0.29) is 24.5 Å². The lowest BCUT2D eigenvalue weighted by atomic mass is 10.0. The van der Waals surface area contributed by atoms with Gasteiger partial charge in [-0.05, 0) is 19.3 Å². The Morgan fingerprint density at radius 2 is 2.31 bits per heavy atom. The predicted molar refractivity (Wildman–Crippen MR) is 50.8 cm³/mol. The largest absolute Gasteiger partial charge is 0.467 e. The van der Waals surface area contributed by atoms with Gasteiger partial charge in [-0.25, -0.2) is 4.79 Å². The SMILES string of the molecule is COC(=O)[C@@H]1CCC[C@H](CN)O1.Cl. The van der Waals surface area contributed by atoms with E-state index >= 15 is 0 Å². The average Bonchev–Trinajstić information content (AvgIpc) is 2.17. The van der Waals surface area contributed by atoms with Crippen molar-refractivity contribution in [3.05, 3.63) is 0 Å². The van der Waals surface area contributed by atoms with Crippen molar-refractivity contribution in [2.24, 2.45) is 5.73 Å². The molecule has 0 radical (unpaired) electrons. The van der Waals surface area contributed by atoms with Crippen LogP contribution in [0.2, 0.25) is 0 Å². The van der Waals surface area contributed by atoms with Gasteiger partial charge in [-0.15, -0.1) is 12.4 Å². The lowest BCUT2D eigenvalue weighted by molar-refractivity contribution is -0.162. The van der Waals surface area contributed by atoms with Gasteiger partial charge < -0.3 is 15.2 Å². The average molecular weight is 210 g/mol. The zero-order valence-electron chi connectivity index (χ0n) is 7.69. The number of hydrogen-bond acceptors (Lipinski definition) is 4. The molecule has 1 aliphatic heterocycles. The Morgan fingerprint density at radius 1 is 1.62 bits per heavy atom. The highest BCUT2D eigenvalue weighted by atomic mass is 35.5. The number of ether oxygens (including phenoxy) is 2. The first kappa shape index (κ1) is 12.7. The van der Waals surface area contributed by atoms with Crippen molar-refractivity contribution in [3.63, 3.8) is 0 Å². The summed E-state index contributed by atoms with van der Waals surface area (Å²) in [6.45, 7) is 0.480. The van der Waals surface area contributed by atoms with Crippen LogP contribution in [0.25, 0.3) is 0 Å². The van der Waals surface area contributed by atoms with Gasteiger partial charge in [-0.3, -0.25) is 0 Å². The number of carbonyl (C=O) groups is 1. The molecule has 0 spiro atoms. The third-order valence-electron chi connectivity index (χ3n) is 2.08. The zero-order valence-corrected chi connectivity index (χ0v) is 8.51. The van der Waals surface area contributed by atoms with Gasteiger partial charge >= 0.3 is 5.97 Å². The van der Waals surface area contributed by atoms with Crippen LogP contribution in [0.1, 0.15) is 19.3 Å². The molecule has 4 nitrogen and oxygen atoms in total. The molecular weight excluding hydrogens is 194 g/mol. The molecule has 0 unspecified atom stereocenters. The summed E-state index contributed by atoms with van der Waals surface area (Å²) in [7, 11) is 1.37. The van der Waals surface area contributed by atoms with Gasteiger partial charge in [0.2, 0.25) is 0 Å². The first-order valence-electron chi connectivity index (χ1n) is 4.21. The first-order chi connectivity index (χ1) is 5.77. The molecule has 0 aromatic carbocycles. The summed E-state index contributed by atoms with van der Waals surface area (Å²) < 4.78 is 9.97. The normalized spacial score (nSPS) is 27.5. The minimum atomic E-state index is -0.391. The Labute approximate surface area is 84.2 Å². The number of halogens is 1. The van der Waals surface area contributed by atoms with Crippen LogP contribution >= 0.6 is 12.4 Å². The van der Waals surface area contributed by atoms with Crippen molar-refractivity contribution in [2.45, 2.75) is 31.5 Å². The van der Waals surface area contributed by atoms with Crippen molar-refractivity contribution < 1.29 is 14.3 Å². The minimum absolute atomic E-state index is 0. The highest BCUT2D eigenvalue weighted by Crippen LogP contribution is 2.18. The maximum absolute atomic E-state index is 11.0. The monoisotopic (exact) mass is 209 g/mol. The molecule has 0 bridgehead atoms. The summed E-state index contributed by atoms with van der Waals surface area (Å²) in [6.07, 6.45) is 2.33. The third-order valence-corrected chi connectivity index (χ3v) is 2.08. The van der Waals surface area contributed by atoms with Gasteiger partial charge in [0.25, 0.3) is 0 Å². The number of rotatable bonds is 2. The lowest BCUT2D eigenvalue weighted by Crippen LogP contribution is -2.37. The van der Waals surface area contributed by atoms with Crippen molar-refractivity contribution >= 4 is 18.4 Å². The van der Waals surface area contributed by atoms with Crippen LogP contribution in [-0.4, -0.2) is 31.8 Å². The van der Waals surface area contributed by atoms with Crippen LogP contribution in [0, 0.1) is 0 Å². The predicted octanol–water partition coefficient (Wildman–Crippen LogP) is 0.478. The summed E-state index contributed by atoms with van der Waals surface area (Å²) in [5.41, 5.74) is 5.43. The molecule has 0 amide bonds. The van der Waals surface area contributed by atoms with Crippen molar-refractivity contribution in [2.75, 3.05) is 13.7 Å². The Bertz CT molecular complexity index is 165. The van der Waals surface area contributed by atoms with Gasteiger partial charge in [0.1, 0.15) is 0 Å².